The Morgan fingerprint density at radius 2 is 2.05 bits per heavy atom. The van der Waals surface area contributed by atoms with Gasteiger partial charge in [-0.1, -0.05) is 25.1 Å². The van der Waals surface area contributed by atoms with Crippen molar-refractivity contribution >= 4 is 17.7 Å². The fraction of sp³-hybridized carbons (Fsp3) is 0.467. The van der Waals surface area contributed by atoms with Crippen molar-refractivity contribution in [2.24, 2.45) is 5.92 Å². The third-order valence-corrected chi connectivity index (χ3v) is 3.15. The van der Waals surface area contributed by atoms with E-state index in [1.165, 1.54) is 4.90 Å². The smallest absolute Gasteiger partial charge is 0.321 e. The van der Waals surface area contributed by atoms with Crippen LogP contribution in [0.3, 0.4) is 0 Å². The van der Waals surface area contributed by atoms with Crippen LogP contribution in [0.15, 0.2) is 24.3 Å². The van der Waals surface area contributed by atoms with E-state index in [-0.39, 0.29) is 12.6 Å². The molecule has 1 unspecified atom stereocenters. The van der Waals surface area contributed by atoms with E-state index in [4.69, 9.17) is 9.84 Å². The van der Waals surface area contributed by atoms with Crippen molar-refractivity contribution in [2.45, 2.75) is 13.3 Å². The molecule has 1 aromatic carbocycles. The highest BCUT2D eigenvalue weighted by atomic mass is 16.5. The maximum Gasteiger partial charge on any atom is 0.321 e. The molecule has 0 radical (unpaired) electrons. The van der Waals surface area contributed by atoms with Gasteiger partial charge in [0.05, 0.1) is 12.5 Å². The van der Waals surface area contributed by atoms with Crippen LogP contribution in [0, 0.1) is 5.92 Å². The zero-order valence-corrected chi connectivity index (χ0v) is 12.6. The number of nitrogens with zero attached hydrogens (tertiary/aromatic N) is 1. The van der Waals surface area contributed by atoms with Crippen molar-refractivity contribution in [2.75, 3.05) is 32.6 Å². The van der Waals surface area contributed by atoms with Crippen molar-refractivity contribution < 1.29 is 19.4 Å². The number of benzene rings is 1. The number of carbonyl (C=O) groups excluding carboxylic acids is 1. The second kappa shape index (κ2) is 8.26. The molecule has 0 aliphatic heterocycles. The molecule has 1 atom stereocenters. The molecule has 116 valence electrons. The molecule has 1 aromatic rings. The van der Waals surface area contributed by atoms with Gasteiger partial charge in [-0.15, -0.1) is 0 Å². The zero-order chi connectivity index (χ0) is 15.8. The van der Waals surface area contributed by atoms with E-state index in [0.29, 0.717) is 13.0 Å². The first-order valence-corrected chi connectivity index (χ1v) is 6.77. The molecule has 0 saturated heterocycles. The van der Waals surface area contributed by atoms with E-state index < -0.39 is 11.9 Å². The molecule has 2 amide bonds. The van der Waals surface area contributed by atoms with Gasteiger partial charge >= 0.3 is 12.0 Å². The first-order chi connectivity index (χ1) is 9.95. The van der Waals surface area contributed by atoms with Crippen molar-refractivity contribution in [3.63, 3.8) is 0 Å². The van der Waals surface area contributed by atoms with Gasteiger partial charge in [-0.25, -0.2) is 4.79 Å². The Kier molecular flexibility index (Phi) is 6.68. The lowest BCUT2D eigenvalue weighted by Gasteiger charge is -2.21. The Morgan fingerprint density at radius 3 is 2.67 bits per heavy atom. The number of carbonyl (C=O) groups is 2. The van der Waals surface area contributed by atoms with Crippen LogP contribution < -0.4 is 5.32 Å². The van der Waals surface area contributed by atoms with Gasteiger partial charge in [0.2, 0.25) is 0 Å². The lowest BCUT2D eigenvalue weighted by molar-refractivity contribution is -0.141. The molecule has 21 heavy (non-hydrogen) atoms. The maximum absolute atomic E-state index is 12.1. The SMILES string of the molecule is COCCc1ccccc1NC(=O)N(C)CC(C)C(=O)O. The van der Waals surface area contributed by atoms with E-state index in [1.54, 1.807) is 21.1 Å². The summed E-state index contributed by atoms with van der Waals surface area (Å²) >= 11 is 0. The van der Waals surface area contributed by atoms with Crippen LogP contribution in [-0.2, 0) is 16.0 Å². The predicted octanol–water partition coefficient (Wildman–Crippen LogP) is 2.06. The lowest BCUT2D eigenvalue weighted by atomic mass is 10.1. The number of amides is 2. The summed E-state index contributed by atoms with van der Waals surface area (Å²) in [5.74, 6) is -1.53. The topological polar surface area (TPSA) is 78.9 Å². The Labute approximate surface area is 124 Å². The van der Waals surface area contributed by atoms with E-state index >= 15 is 0 Å². The average Bonchev–Trinajstić information content (AvgIpc) is 2.46. The van der Waals surface area contributed by atoms with Crippen molar-refractivity contribution in [3.8, 4) is 0 Å². The predicted molar refractivity (Wildman–Crippen MR) is 80.5 cm³/mol. The summed E-state index contributed by atoms with van der Waals surface area (Å²) in [6, 6.07) is 7.15. The van der Waals surface area contributed by atoms with E-state index in [9.17, 15) is 9.59 Å². The average molecular weight is 294 g/mol. The van der Waals surface area contributed by atoms with E-state index in [2.05, 4.69) is 5.32 Å². The molecule has 0 aromatic heterocycles. The Balaban J connectivity index is 2.67. The van der Waals surface area contributed by atoms with Crippen LogP contribution in [0.1, 0.15) is 12.5 Å². The van der Waals surface area contributed by atoms with Crippen LogP contribution >= 0.6 is 0 Å². The molecule has 0 spiro atoms. The Bertz CT molecular complexity index is 490. The molecule has 0 aliphatic rings. The van der Waals surface area contributed by atoms with Gasteiger partial charge in [0, 0.05) is 26.4 Å². The number of nitrogens with one attached hydrogen (secondary N) is 1. The monoisotopic (exact) mass is 294 g/mol. The number of hydrogen-bond acceptors (Lipinski definition) is 3. The number of methoxy groups -OCH3 is 1. The van der Waals surface area contributed by atoms with Gasteiger partial charge in [-0.2, -0.15) is 0 Å². The molecule has 0 aliphatic carbocycles. The molecule has 2 N–H and O–H groups in total. The normalized spacial score (nSPS) is 11.8. The summed E-state index contributed by atoms with van der Waals surface area (Å²) in [5, 5.41) is 11.7. The molecule has 0 heterocycles. The molecule has 0 bridgehead atoms. The highest BCUT2D eigenvalue weighted by molar-refractivity contribution is 5.90. The van der Waals surface area contributed by atoms with Crippen molar-refractivity contribution in [1.82, 2.24) is 4.90 Å². The molecular formula is C15H22N2O4. The fourth-order valence-electron chi connectivity index (χ4n) is 1.85. The highest BCUT2D eigenvalue weighted by Gasteiger charge is 2.17. The van der Waals surface area contributed by atoms with Gasteiger partial charge < -0.3 is 20.1 Å². The van der Waals surface area contributed by atoms with E-state index in [1.807, 2.05) is 24.3 Å². The minimum absolute atomic E-state index is 0.154. The second-order valence-electron chi connectivity index (χ2n) is 4.95. The summed E-state index contributed by atoms with van der Waals surface area (Å²) in [7, 11) is 3.20. The number of carboxylic acids is 1. The Hall–Kier alpha value is -2.08. The van der Waals surface area contributed by atoms with Gasteiger partial charge in [-0.05, 0) is 18.1 Å². The summed E-state index contributed by atoms with van der Waals surface area (Å²) < 4.78 is 5.04. The first kappa shape index (κ1) is 17.0. The number of hydrogen-bond donors (Lipinski definition) is 2. The van der Waals surface area contributed by atoms with Crippen LogP contribution in [0.25, 0.3) is 0 Å². The van der Waals surface area contributed by atoms with Gasteiger partial charge in [0.25, 0.3) is 0 Å². The molecule has 6 heteroatoms. The summed E-state index contributed by atoms with van der Waals surface area (Å²) in [4.78, 5) is 24.3. The molecule has 6 nitrogen and oxygen atoms in total. The highest BCUT2D eigenvalue weighted by Crippen LogP contribution is 2.16. The molecule has 1 rings (SSSR count). The van der Waals surface area contributed by atoms with Gasteiger partial charge in [0.15, 0.2) is 0 Å². The fourth-order valence-corrected chi connectivity index (χ4v) is 1.85. The summed E-state index contributed by atoms with van der Waals surface area (Å²) in [6.45, 7) is 2.29. The van der Waals surface area contributed by atoms with Crippen LogP contribution in [0.5, 0.6) is 0 Å². The van der Waals surface area contributed by atoms with Crippen molar-refractivity contribution in [1.29, 1.82) is 0 Å². The molecular weight excluding hydrogens is 272 g/mol. The number of anilines is 1. The third kappa shape index (κ3) is 5.43. The number of ether oxygens (including phenoxy) is 1. The van der Waals surface area contributed by atoms with Crippen LogP contribution in [-0.4, -0.2) is 49.3 Å². The zero-order valence-electron chi connectivity index (χ0n) is 12.6. The van der Waals surface area contributed by atoms with E-state index in [0.717, 1.165) is 11.3 Å². The molecule has 0 saturated carbocycles. The number of carboxylic acid groups (broad SMARTS) is 1. The quantitative estimate of drug-likeness (QED) is 0.807. The van der Waals surface area contributed by atoms with Crippen molar-refractivity contribution in [3.05, 3.63) is 29.8 Å². The lowest BCUT2D eigenvalue weighted by Crippen LogP contribution is -2.36. The summed E-state index contributed by atoms with van der Waals surface area (Å²) in [6.07, 6.45) is 0.697. The number of aliphatic carboxylic acids is 1. The van der Waals surface area contributed by atoms with Gasteiger partial charge in [-0.3, -0.25) is 4.79 Å². The Morgan fingerprint density at radius 1 is 1.38 bits per heavy atom. The third-order valence-electron chi connectivity index (χ3n) is 3.15. The minimum Gasteiger partial charge on any atom is -0.481 e. The first-order valence-electron chi connectivity index (χ1n) is 6.77. The standard InChI is InChI=1S/C15H22N2O4/c1-11(14(18)19)10-17(2)15(20)16-13-7-5-4-6-12(13)8-9-21-3/h4-7,11H,8-10H2,1-3H3,(H,16,20)(H,18,19). The number of rotatable bonds is 7. The molecule has 0 fully saturated rings. The van der Waals surface area contributed by atoms with Crippen LogP contribution in [0.2, 0.25) is 0 Å². The summed E-state index contributed by atoms with van der Waals surface area (Å²) in [5.41, 5.74) is 1.70. The largest absolute Gasteiger partial charge is 0.481 e. The number of para-hydroxylation sites is 1. The number of urea groups is 1. The maximum atomic E-state index is 12.1. The van der Waals surface area contributed by atoms with Crippen LogP contribution in [0.4, 0.5) is 10.5 Å². The second-order valence-corrected chi connectivity index (χ2v) is 4.95. The minimum atomic E-state index is -0.921. The van der Waals surface area contributed by atoms with Gasteiger partial charge in [0.1, 0.15) is 0 Å².